The Hall–Kier alpha value is -3.25. The summed E-state index contributed by atoms with van der Waals surface area (Å²) >= 11 is 0. The summed E-state index contributed by atoms with van der Waals surface area (Å²) < 4.78 is 42.4. The normalized spacial score (nSPS) is 11.0. The SMILES string of the molecule is COC(=O)C=Cc1ccncc1N=C=Nc1cccc(C(F)(F)F)c1. The van der Waals surface area contributed by atoms with Crippen molar-refractivity contribution >= 4 is 29.4 Å². The number of carbonyl (C=O) groups excluding carboxylic acids is 1. The molecule has 0 bridgehead atoms. The number of halogens is 3. The molecule has 25 heavy (non-hydrogen) atoms. The van der Waals surface area contributed by atoms with Gasteiger partial charge in [0.1, 0.15) is 11.7 Å². The minimum atomic E-state index is -4.45. The van der Waals surface area contributed by atoms with Crippen LogP contribution in [0.25, 0.3) is 6.08 Å². The lowest BCUT2D eigenvalue weighted by molar-refractivity contribution is -0.137. The van der Waals surface area contributed by atoms with Gasteiger partial charge in [0.2, 0.25) is 0 Å². The van der Waals surface area contributed by atoms with Gasteiger partial charge in [0.25, 0.3) is 0 Å². The fraction of sp³-hybridized carbons (Fsp3) is 0.118. The zero-order chi connectivity index (χ0) is 18.3. The van der Waals surface area contributed by atoms with Crippen LogP contribution >= 0.6 is 0 Å². The monoisotopic (exact) mass is 347 g/mol. The average Bonchev–Trinajstić information content (AvgIpc) is 2.60. The van der Waals surface area contributed by atoms with Gasteiger partial charge in [-0.25, -0.2) is 4.79 Å². The molecule has 2 aromatic rings. The van der Waals surface area contributed by atoms with Gasteiger partial charge in [-0.3, -0.25) is 4.98 Å². The number of hydrogen-bond acceptors (Lipinski definition) is 5. The van der Waals surface area contributed by atoms with E-state index in [2.05, 4.69) is 25.7 Å². The molecule has 0 N–H and O–H groups in total. The van der Waals surface area contributed by atoms with E-state index >= 15 is 0 Å². The minimum absolute atomic E-state index is 0.0640. The van der Waals surface area contributed by atoms with E-state index in [1.807, 2.05) is 0 Å². The van der Waals surface area contributed by atoms with Crippen molar-refractivity contribution in [3.63, 3.8) is 0 Å². The molecule has 0 saturated carbocycles. The molecule has 1 aromatic carbocycles. The molecule has 0 unspecified atom stereocenters. The first-order valence-electron chi connectivity index (χ1n) is 6.94. The summed E-state index contributed by atoms with van der Waals surface area (Å²) in [6, 6.07) is 8.43. The van der Waals surface area contributed by atoms with Crippen molar-refractivity contribution in [3.05, 3.63) is 59.9 Å². The van der Waals surface area contributed by atoms with Gasteiger partial charge in [-0.15, -0.1) is 0 Å². The standard InChI is InChI=1S/C17H12F3N3O2/c1-25-16(24)6-5-12-7-8-21-10-15(12)23-11-22-14-4-2-3-13(9-14)17(18,19)20/h2-10H,1H3. The number of esters is 1. The van der Waals surface area contributed by atoms with Crippen LogP contribution in [0.15, 0.2) is 58.8 Å². The van der Waals surface area contributed by atoms with Gasteiger partial charge in [-0.2, -0.15) is 23.2 Å². The summed E-state index contributed by atoms with van der Waals surface area (Å²) in [6.07, 6.45) is 1.14. The molecule has 0 spiro atoms. The van der Waals surface area contributed by atoms with Crippen LogP contribution in [0.5, 0.6) is 0 Å². The third kappa shape index (κ3) is 5.40. The van der Waals surface area contributed by atoms with E-state index < -0.39 is 17.7 Å². The van der Waals surface area contributed by atoms with Crippen LogP contribution < -0.4 is 0 Å². The molecule has 0 aliphatic rings. The molecular weight excluding hydrogens is 335 g/mol. The Morgan fingerprint density at radius 2 is 2.08 bits per heavy atom. The van der Waals surface area contributed by atoms with E-state index in [9.17, 15) is 18.0 Å². The number of methoxy groups -OCH3 is 1. The number of carbonyl (C=O) groups is 1. The molecule has 0 atom stereocenters. The van der Waals surface area contributed by atoms with Crippen LogP contribution in [0, 0.1) is 0 Å². The van der Waals surface area contributed by atoms with Crippen LogP contribution in [-0.2, 0) is 15.7 Å². The van der Waals surface area contributed by atoms with Gasteiger partial charge in [-0.1, -0.05) is 6.07 Å². The molecule has 0 aliphatic heterocycles. The predicted octanol–water partition coefficient (Wildman–Crippen LogP) is 4.42. The molecule has 0 saturated heterocycles. The number of rotatable bonds is 4. The summed E-state index contributed by atoms with van der Waals surface area (Å²) in [5, 5.41) is 0. The summed E-state index contributed by atoms with van der Waals surface area (Å²) in [5.74, 6) is -0.538. The first kappa shape index (κ1) is 18.1. The molecule has 0 fully saturated rings. The van der Waals surface area contributed by atoms with Crippen molar-refractivity contribution < 1.29 is 22.7 Å². The maximum Gasteiger partial charge on any atom is 0.416 e. The highest BCUT2D eigenvalue weighted by Gasteiger charge is 2.30. The molecule has 0 radical (unpaired) electrons. The maximum absolute atomic E-state index is 12.6. The Morgan fingerprint density at radius 1 is 1.28 bits per heavy atom. The highest BCUT2D eigenvalue weighted by molar-refractivity contribution is 5.88. The number of nitrogens with zero attached hydrogens (tertiary/aromatic N) is 3. The largest absolute Gasteiger partial charge is 0.466 e. The Balaban J connectivity index is 2.26. The van der Waals surface area contributed by atoms with Crippen molar-refractivity contribution in [2.24, 2.45) is 9.98 Å². The van der Waals surface area contributed by atoms with Gasteiger partial charge in [0, 0.05) is 17.8 Å². The van der Waals surface area contributed by atoms with Crippen molar-refractivity contribution in [1.82, 2.24) is 4.98 Å². The molecule has 0 aliphatic carbocycles. The van der Waals surface area contributed by atoms with Crippen LogP contribution in [-0.4, -0.2) is 24.1 Å². The van der Waals surface area contributed by atoms with Gasteiger partial charge < -0.3 is 4.74 Å². The van der Waals surface area contributed by atoms with Gasteiger partial charge in [0.15, 0.2) is 0 Å². The lowest BCUT2D eigenvalue weighted by Crippen LogP contribution is -2.03. The van der Waals surface area contributed by atoms with E-state index in [1.165, 1.54) is 43.8 Å². The fourth-order valence-electron chi connectivity index (χ4n) is 1.75. The average molecular weight is 347 g/mol. The van der Waals surface area contributed by atoms with Crippen molar-refractivity contribution in [2.75, 3.05) is 7.11 Å². The molecular formula is C17H12F3N3O2. The lowest BCUT2D eigenvalue weighted by atomic mass is 10.2. The highest BCUT2D eigenvalue weighted by Crippen LogP contribution is 2.31. The number of hydrogen-bond donors (Lipinski definition) is 0. The van der Waals surface area contributed by atoms with Gasteiger partial charge in [0.05, 0.1) is 24.6 Å². The Labute approximate surface area is 141 Å². The maximum atomic E-state index is 12.6. The molecule has 5 nitrogen and oxygen atoms in total. The van der Waals surface area contributed by atoms with E-state index in [-0.39, 0.29) is 5.69 Å². The van der Waals surface area contributed by atoms with E-state index in [0.29, 0.717) is 11.3 Å². The third-order valence-electron chi connectivity index (χ3n) is 2.96. The number of benzene rings is 1. The van der Waals surface area contributed by atoms with Crippen molar-refractivity contribution in [1.29, 1.82) is 0 Å². The summed E-state index contributed by atoms with van der Waals surface area (Å²) in [7, 11) is 1.25. The minimum Gasteiger partial charge on any atom is -0.466 e. The lowest BCUT2D eigenvalue weighted by Gasteiger charge is -2.05. The van der Waals surface area contributed by atoms with Gasteiger partial charge in [-0.05, 0) is 30.3 Å². The quantitative estimate of drug-likeness (QED) is 0.467. The smallest absolute Gasteiger partial charge is 0.416 e. The predicted molar refractivity (Wildman–Crippen MR) is 85.9 cm³/mol. The van der Waals surface area contributed by atoms with E-state index in [4.69, 9.17) is 0 Å². The van der Waals surface area contributed by atoms with Crippen LogP contribution in [0.4, 0.5) is 24.5 Å². The van der Waals surface area contributed by atoms with E-state index in [1.54, 1.807) is 6.07 Å². The molecule has 128 valence electrons. The van der Waals surface area contributed by atoms with Crippen molar-refractivity contribution in [3.8, 4) is 0 Å². The zero-order valence-corrected chi connectivity index (χ0v) is 13.0. The molecule has 2 rings (SSSR count). The fourth-order valence-corrected chi connectivity index (χ4v) is 1.75. The Bertz CT molecular complexity index is 854. The Kier molecular flexibility index (Phi) is 5.81. The van der Waals surface area contributed by atoms with E-state index in [0.717, 1.165) is 12.1 Å². The summed E-state index contributed by atoms with van der Waals surface area (Å²) in [6.45, 7) is 0. The number of aromatic nitrogens is 1. The van der Waals surface area contributed by atoms with Crippen LogP contribution in [0.3, 0.4) is 0 Å². The molecule has 0 amide bonds. The van der Waals surface area contributed by atoms with Crippen molar-refractivity contribution in [2.45, 2.75) is 6.18 Å². The number of pyridine rings is 1. The van der Waals surface area contributed by atoms with Crippen LogP contribution in [0.1, 0.15) is 11.1 Å². The van der Waals surface area contributed by atoms with Crippen LogP contribution in [0.2, 0.25) is 0 Å². The summed E-state index contributed by atoms with van der Waals surface area (Å²) in [5.41, 5.74) is 0.151. The number of alkyl halides is 3. The zero-order valence-electron chi connectivity index (χ0n) is 13.0. The molecule has 8 heteroatoms. The third-order valence-corrected chi connectivity index (χ3v) is 2.96. The second kappa shape index (κ2) is 8.03. The second-order valence-corrected chi connectivity index (χ2v) is 4.66. The number of ether oxygens (including phenoxy) is 1. The number of aliphatic imine (C=N–C) groups is 2. The highest BCUT2D eigenvalue weighted by atomic mass is 19.4. The first-order chi connectivity index (χ1) is 11.9. The molecule has 1 aromatic heterocycles. The summed E-state index contributed by atoms with van der Waals surface area (Å²) in [4.78, 5) is 22.7. The second-order valence-electron chi connectivity index (χ2n) is 4.66. The topological polar surface area (TPSA) is 63.9 Å². The van der Waals surface area contributed by atoms with Gasteiger partial charge >= 0.3 is 12.1 Å². The Morgan fingerprint density at radius 3 is 2.80 bits per heavy atom. The first-order valence-corrected chi connectivity index (χ1v) is 6.94. The molecule has 1 heterocycles.